The van der Waals surface area contributed by atoms with Gasteiger partial charge in [0.05, 0.1) is 24.5 Å². The fraction of sp³-hybridized carbons (Fsp3) is 0.267. The first-order valence-corrected chi connectivity index (χ1v) is 6.44. The van der Waals surface area contributed by atoms with Crippen LogP contribution in [0.3, 0.4) is 0 Å². The van der Waals surface area contributed by atoms with Crippen molar-refractivity contribution in [1.82, 2.24) is 0 Å². The molecule has 0 unspecified atom stereocenters. The minimum atomic E-state index is -0.780. The van der Waals surface area contributed by atoms with Gasteiger partial charge in [0.15, 0.2) is 5.57 Å². The van der Waals surface area contributed by atoms with Gasteiger partial charge in [-0.15, -0.1) is 0 Å². The molecule has 6 heteroatoms. The quantitative estimate of drug-likeness (QED) is 0.372. The molecule has 0 spiro atoms. The maximum Gasteiger partial charge on any atom is 0.347 e. The number of nitrogens with one attached hydrogen (secondary N) is 1. The van der Waals surface area contributed by atoms with E-state index in [1.165, 1.54) is 6.20 Å². The summed E-state index contributed by atoms with van der Waals surface area (Å²) in [5.41, 5.74) is 0.610. The van der Waals surface area contributed by atoms with Crippen molar-refractivity contribution in [2.24, 2.45) is 0 Å². The number of nitriles is 1. The molecular weight excluding hydrogens is 272 g/mol. The summed E-state index contributed by atoms with van der Waals surface area (Å²) in [5, 5.41) is 11.7. The Bertz CT molecular complexity index is 568. The Balaban J connectivity index is 3.00. The number of hydrogen-bond donors (Lipinski definition) is 1. The molecule has 0 saturated carbocycles. The number of anilines is 1. The summed E-state index contributed by atoms with van der Waals surface area (Å²) in [6.07, 6.45) is 1.19. The van der Waals surface area contributed by atoms with Gasteiger partial charge in [-0.2, -0.15) is 5.26 Å². The molecule has 0 heterocycles. The molecule has 1 rings (SSSR count). The molecular formula is C15H16N2O4. The summed E-state index contributed by atoms with van der Waals surface area (Å²) < 4.78 is 9.61. The Labute approximate surface area is 123 Å². The summed E-state index contributed by atoms with van der Waals surface area (Å²) in [7, 11) is 0. The fourth-order valence-electron chi connectivity index (χ4n) is 1.48. The SMILES string of the molecule is CCOC(=O)C(=CNc1ccccc1C#N)C(=O)OCC. The number of carbonyl (C=O) groups excluding carboxylic acids is 2. The average molecular weight is 288 g/mol. The molecule has 0 radical (unpaired) electrons. The van der Waals surface area contributed by atoms with E-state index >= 15 is 0 Å². The van der Waals surface area contributed by atoms with Gasteiger partial charge in [-0.3, -0.25) is 0 Å². The normalized spacial score (nSPS) is 9.19. The lowest BCUT2D eigenvalue weighted by atomic mass is 10.2. The van der Waals surface area contributed by atoms with Gasteiger partial charge in [-0.05, 0) is 26.0 Å². The van der Waals surface area contributed by atoms with Crippen molar-refractivity contribution in [2.45, 2.75) is 13.8 Å². The molecule has 0 amide bonds. The molecule has 0 bridgehead atoms. The highest BCUT2D eigenvalue weighted by molar-refractivity contribution is 6.14. The average Bonchev–Trinajstić information content (AvgIpc) is 2.48. The molecule has 0 aliphatic heterocycles. The summed E-state index contributed by atoms with van der Waals surface area (Å²) in [4.78, 5) is 23.5. The van der Waals surface area contributed by atoms with Crippen molar-refractivity contribution in [3.8, 4) is 6.07 Å². The van der Waals surface area contributed by atoms with Crippen LogP contribution in [0.1, 0.15) is 19.4 Å². The number of para-hydroxylation sites is 1. The van der Waals surface area contributed by atoms with Crippen LogP contribution in [0.25, 0.3) is 0 Å². The van der Waals surface area contributed by atoms with E-state index in [1.54, 1.807) is 38.1 Å². The van der Waals surface area contributed by atoms with E-state index < -0.39 is 11.9 Å². The number of benzene rings is 1. The maximum absolute atomic E-state index is 11.7. The lowest BCUT2D eigenvalue weighted by Crippen LogP contribution is -2.19. The molecule has 0 atom stereocenters. The summed E-state index contributed by atoms with van der Waals surface area (Å²) in [6, 6.07) is 8.72. The molecule has 0 aliphatic carbocycles. The lowest BCUT2D eigenvalue weighted by Gasteiger charge is -2.08. The van der Waals surface area contributed by atoms with Gasteiger partial charge in [-0.1, -0.05) is 12.1 Å². The van der Waals surface area contributed by atoms with Crippen molar-refractivity contribution in [2.75, 3.05) is 18.5 Å². The molecule has 1 aromatic rings. The van der Waals surface area contributed by atoms with E-state index in [9.17, 15) is 9.59 Å². The van der Waals surface area contributed by atoms with E-state index in [2.05, 4.69) is 5.32 Å². The number of esters is 2. The van der Waals surface area contributed by atoms with Crippen LogP contribution in [0.5, 0.6) is 0 Å². The first-order chi connectivity index (χ1) is 10.1. The number of ether oxygens (including phenoxy) is 2. The van der Waals surface area contributed by atoms with E-state index in [0.29, 0.717) is 11.3 Å². The van der Waals surface area contributed by atoms with Crippen LogP contribution >= 0.6 is 0 Å². The standard InChI is InChI=1S/C15H16N2O4/c1-3-20-14(18)12(15(19)21-4-2)10-17-13-8-6-5-7-11(13)9-16/h5-8,10,17H,3-4H2,1-2H3. The Morgan fingerprint density at radius 2 is 1.76 bits per heavy atom. The van der Waals surface area contributed by atoms with Gasteiger partial charge in [0, 0.05) is 6.20 Å². The molecule has 1 aromatic carbocycles. The zero-order valence-corrected chi connectivity index (χ0v) is 11.9. The monoisotopic (exact) mass is 288 g/mol. The second kappa shape index (κ2) is 8.38. The molecule has 0 aromatic heterocycles. The predicted molar refractivity (Wildman–Crippen MR) is 76.1 cm³/mol. The number of hydrogen-bond acceptors (Lipinski definition) is 6. The summed E-state index contributed by atoms with van der Waals surface area (Å²) >= 11 is 0. The summed E-state index contributed by atoms with van der Waals surface area (Å²) in [6.45, 7) is 3.56. The van der Waals surface area contributed by atoms with Crippen molar-refractivity contribution < 1.29 is 19.1 Å². The van der Waals surface area contributed by atoms with E-state index in [4.69, 9.17) is 14.7 Å². The number of carbonyl (C=O) groups is 2. The molecule has 0 saturated heterocycles. The zero-order valence-electron chi connectivity index (χ0n) is 11.9. The number of rotatable bonds is 6. The Morgan fingerprint density at radius 1 is 1.19 bits per heavy atom. The molecule has 0 aliphatic rings. The topological polar surface area (TPSA) is 88.4 Å². The highest BCUT2D eigenvalue weighted by Crippen LogP contribution is 2.14. The largest absolute Gasteiger partial charge is 0.462 e. The van der Waals surface area contributed by atoms with Crippen LogP contribution < -0.4 is 5.32 Å². The van der Waals surface area contributed by atoms with E-state index in [0.717, 1.165) is 0 Å². The van der Waals surface area contributed by atoms with Crippen molar-refractivity contribution >= 4 is 17.6 Å². The second-order valence-corrected chi connectivity index (χ2v) is 3.80. The second-order valence-electron chi connectivity index (χ2n) is 3.80. The van der Waals surface area contributed by atoms with Gasteiger partial charge in [-0.25, -0.2) is 9.59 Å². The zero-order chi connectivity index (χ0) is 15.7. The maximum atomic E-state index is 11.7. The van der Waals surface area contributed by atoms with Gasteiger partial charge in [0.25, 0.3) is 0 Å². The van der Waals surface area contributed by atoms with Crippen molar-refractivity contribution in [3.63, 3.8) is 0 Å². The predicted octanol–water partition coefficient (Wildman–Crippen LogP) is 1.98. The molecule has 6 nitrogen and oxygen atoms in total. The Hall–Kier alpha value is -2.81. The minimum Gasteiger partial charge on any atom is -0.462 e. The highest BCUT2D eigenvalue weighted by atomic mass is 16.6. The van der Waals surface area contributed by atoms with Gasteiger partial charge in [0.1, 0.15) is 6.07 Å². The Morgan fingerprint density at radius 3 is 2.29 bits per heavy atom. The number of nitrogens with zero attached hydrogens (tertiary/aromatic N) is 1. The van der Waals surface area contributed by atoms with Crippen molar-refractivity contribution in [1.29, 1.82) is 5.26 Å². The Kier molecular flexibility index (Phi) is 6.48. The third-order valence-corrected chi connectivity index (χ3v) is 2.41. The highest BCUT2D eigenvalue weighted by Gasteiger charge is 2.21. The molecule has 110 valence electrons. The minimum absolute atomic E-state index is 0.143. The van der Waals surface area contributed by atoms with Crippen LogP contribution in [-0.4, -0.2) is 25.2 Å². The third kappa shape index (κ3) is 4.66. The van der Waals surface area contributed by atoms with Crippen LogP contribution in [0, 0.1) is 11.3 Å². The van der Waals surface area contributed by atoms with Crippen LogP contribution in [0.4, 0.5) is 5.69 Å². The molecule has 0 fully saturated rings. The van der Waals surface area contributed by atoms with Gasteiger partial charge in [0.2, 0.25) is 0 Å². The van der Waals surface area contributed by atoms with Crippen molar-refractivity contribution in [3.05, 3.63) is 41.6 Å². The first-order valence-electron chi connectivity index (χ1n) is 6.44. The fourth-order valence-corrected chi connectivity index (χ4v) is 1.48. The van der Waals surface area contributed by atoms with Gasteiger partial charge >= 0.3 is 11.9 Å². The van der Waals surface area contributed by atoms with Crippen LogP contribution in [0.15, 0.2) is 36.0 Å². The van der Waals surface area contributed by atoms with Gasteiger partial charge < -0.3 is 14.8 Å². The van der Waals surface area contributed by atoms with Crippen LogP contribution in [-0.2, 0) is 19.1 Å². The van der Waals surface area contributed by atoms with E-state index in [-0.39, 0.29) is 18.8 Å². The first kappa shape index (κ1) is 16.2. The smallest absolute Gasteiger partial charge is 0.347 e. The third-order valence-electron chi connectivity index (χ3n) is 2.41. The van der Waals surface area contributed by atoms with Crippen LogP contribution in [0.2, 0.25) is 0 Å². The molecule has 1 N–H and O–H groups in total. The van der Waals surface area contributed by atoms with E-state index in [1.807, 2.05) is 6.07 Å². The summed E-state index contributed by atoms with van der Waals surface area (Å²) in [5.74, 6) is -1.56. The lowest BCUT2D eigenvalue weighted by molar-refractivity contribution is -0.146. The molecule has 21 heavy (non-hydrogen) atoms.